The molecule has 0 radical (unpaired) electrons. The SMILES string of the molecule is N#CC1(Cc2cccc(Br)c2)CCCCCC1. The second kappa shape index (κ2) is 5.69. The smallest absolute Gasteiger partial charge is 0.0693 e. The van der Waals surface area contributed by atoms with Crippen molar-refractivity contribution in [2.75, 3.05) is 0 Å². The molecular weight excluding hydrogens is 274 g/mol. The van der Waals surface area contributed by atoms with Crippen LogP contribution in [0, 0.1) is 16.7 Å². The predicted octanol–water partition coefficient (Wildman–Crippen LogP) is 4.86. The minimum Gasteiger partial charge on any atom is -0.198 e. The van der Waals surface area contributed by atoms with Crippen LogP contribution in [0.4, 0.5) is 0 Å². The van der Waals surface area contributed by atoms with Crippen molar-refractivity contribution in [3.05, 3.63) is 34.3 Å². The van der Waals surface area contributed by atoms with E-state index in [0.717, 1.165) is 23.7 Å². The Kier molecular flexibility index (Phi) is 4.23. The van der Waals surface area contributed by atoms with Gasteiger partial charge in [0.15, 0.2) is 0 Å². The molecule has 2 rings (SSSR count). The fourth-order valence-corrected chi connectivity index (χ4v) is 3.22. The summed E-state index contributed by atoms with van der Waals surface area (Å²) in [6.07, 6.45) is 8.04. The molecule has 1 saturated carbocycles. The maximum atomic E-state index is 9.54. The maximum absolute atomic E-state index is 9.54. The highest BCUT2D eigenvalue weighted by Gasteiger charge is 2.30. The normalized spacial score (nSPS) is 19.3. The van der Waals surface area contributed by atoms with E-state index >= 15 is 0 Å². The summed E-state index contributed by atoms with van der Waals surface area (Å²) in [4.78, 5) is 0. The first kappa shape index (κ1) is 12.6. The van der Waals surface area contributed by atoms with E-state index in [9.17, 15) is 5.26 Å². The molecular formula is C15H18BrN. The van der Waals surface area contributed by atoms with Crippen molar-refractivity contribution in [3.63, 3.8) is 0 Å². The Bertz CT molecular complexity index is 411. The van der Waals surface area contributed by atoms with Gasteiger partial charge in [0, 0.05) is 4.47 Å². The van der Waals surface area contributed by atoms with Gasteiger partial charge in [0.1, 0.15) is 0 Å². The van der Waals surface area contributed by atoms with Crippen LogP contribution in [-0.4, -0.2) is 0 Å². The number of hydrogen-bond acceptors (Lipinski definition) is 1. The topological polar surface area (TPSA) is 23.8 Å². The summed E-state index contributed by atoms with van der Waals surface area (Å²) in [5.74, 6) is 0. The van der Waals surface area contributed by atoms with E-state index < -0.39 is 0 Å². The zero-order valence-corrected chi connectivity index (χ0v) is 11.7. The summed E-state index contributed by atoms with van der Waals surface area (Å²) in [7, 11) is 0. The highest BCUT2D eigenvalue weighted by atomic mass is 79.9. The van der Waals surface area contributed by atoms with Gasteiger partial charge in [-0.3, -0.25) is 0 Å². The third kappa shape index (κ3) is 3.33. The Morgan fingerprint density at radius 2 is 1.88 bits per heavy atom. The van der Waals surface area contributed by atoms with Crippen LogP contribution in [0.5, 0.6) is 0 Å². The second-order valence-corrected chi connectivity index (χ2v) is 6.03. The molecule has 1 aromatic carbocycles. The Morgan fingerprint density at radius 1 is 1.18 bits per heavy atom. The summed E-state index contributed by atoms with van der Waals surface area (Å²) in [5.41, 5.74) is 1.17. The van der Waals surface area contributed by atoms with Crippen molar-refractivity contribution in [3.8, 4) is 6.07 Å². The number of halogens is 1. The van der Waals surface area contributed by atoms with Crippen LogP contribution in [0.2, 0.25) is 0 Å². The number of nitrogens with zero attached hydrogens (tertiary/aromatic N) is 1. The summed E-state index contributed by atoms with van der Waals surface area (Å²) in [6.45, 7) is 0. The predicted molar refractivity (Wildman–Crippen MR) is 73.6 cm³/mol. The lowest BCUT2D eigenvalue weighted by Gasteiger charge is -2.24. The molecule has 0 aromatic heterocycles. The van der Waals surface area contributed by atoms with Gasteiger partial charge < -0.3 is 0 Å². The zero-order chi connectivity index (χ0) is 12.1. The Balaban J connectivity index is 2.16. The van der Waals surface area contributed by atoms with Crippen LogP contribution in [0.25, 0.3) is 0 Å². The van der Waals surface area contributed by atoms with Crippen molar-refractivity contribution < 1.29 is 0 Å². The standard InChI is InChI=1S/C15H18BrN/c16-14-7-5-6-13(10-14)11-15(12-17)8-3-1-2-4-9-15/h5-7,10H,1-4,8-9,11H2. The van der Waals surface area contributed by atoms with E-state index in [2.05, 4.69) is 40.2 Å². The monoisotopic (exact) mass is 291 g/mol. The fraction of sp³-hybridized carbons (Fsp3) is 0.533. The zero-order valence-electron chi connectivity index (χ0n) is 10.1. The Hall–Kier alpha value is -0.810. The molecule has 0 saturated heterocycles. The first-order valence-corrected chi connectivity index (χ1v) is 7.19. The molecule has 0 heterocycles. The van der Waals surface area contributed by atoms with E-state index in [1.165, 1.54) is 31.2 Å². The third-order valence-corrected chi connectivity index (χ3v) is 4.22. The van der Waals surface area contributed by atoms with Gasteiger partial charge in [0.05, 0.1) is 11.5 Å². The number of rotatable bonds is 2. The molecule has 0 spiro atoms. The van der Waals surface area contributed by atoms with Crippen LogP contribution >= 0.6 is 15.9 Å². The molecule has 2 heteroatoms. The van der Waals surface area contributed by atoms with Crippen LogP contribution in [-0.2, 0) is 6.42 Å². The van der Waals surface area contributed by atoms with E-state index in [4.69, 9.17) is 0 Å². The molecule has 0 amide bonds. The van der Waals surface area contributed by atoms with E-state index in [1.807, 2.05) is 6.07 Å². The van der Waals surface area contributed by atoms with Gasteiger partial charge in [-0.05, 0) is 37.0 Å². The van der Waals surface area contributed by atoms with Gasteiger partial charge in [0.25, 0.3) is 0 Å². The minimum absolute atomic E-state index is 0.114. The number of benzene rings is 1. The lowest BCUT2D eigenvalue weighted by atomic mass is 9.77. The highest BCUT2D eigenvalue weighted by molar-refractivity contribution is 9.10. The average Bonchev–Trinajstić information content (AvgIpc) is 2.55. The molecule has 90 valence electrons. The quantitative estimate of drug-likeness (QED) is 0.714. The van der Waals surface area contributed by atoms with Crippen LogP contribution in [0.15, 0.2) is 28.7 Å². The third-order valence-electron chi connectivity index (χ3n) is 3.73. The first-order chi connectivity index (χ1) is 8.24. The second-order valence-electron chi connectivity index (χ2n) is 5.11. The van der Waals surface area contributed by atoms with E-state index in [1.54, 1.807) is 0 Å². The Morgan fingerprint density at radius 3 is 2.47 bits per heavy atom. The molecule has 0 unspecified atom stereocenters. The molecule has 17 heavy (non-hydrogen) atoms. The molecule has 1 fully saturated rings. The average molecular weight is 292 g/mol. The summed E-state index contributed by atoms with van der Waals surface area (Å²) in [6, 6.07) is 11.0. The van der Waals surface area contributed by atoms with Gasteiger partial charge in [-0.1, -0.05) is 53.7 Å². The molecule has 0 bridgehead atoms. The molecule has 1 aromatic rings. The van der Waals surface area contributed by atoms with Crippen LogP contribution in [0.3, 0.4) is 0 Å². The van der Waals surface area contributed by atoms with Crippen molar-refractivity contribution in [1.82, 2.24) is 0 Å². The molecule has 0 aliphatic heterocycles. The number of nitriles is 1. The van der Waals surface area contributed by atoms with Crippen LogP contribution in [0.1, 0.15) is 44.1 Å². The summed E-state index contributed by atoms with van der Waals surface area (Å²) < 4.78 is 1.11. The largest absolute Gasteiger partial charge is 0.198 e. The minimum atomic E-state index is -0.114. The summed E-state index contributed by atoms with van der Waals surface area (Å²) >= 11 is 3.50. The molecule has 1 aliphatic carbocycles. The van der Waals surface area contributed by atoms with Crippen molar-refractivity contribution in [1.29, 1.82) is 5.26 Å². The fourth-order valence-electron chi connectivity index (χ4n) is 2.77. The molecule has 0 N–H and O–H groups in total. The lowest BCUT2D eigenvalue weighted by Crippen LogP contribution is -2.20. The van der Waals surface area contributed by atoms with E-state index in [-0.39, 0.29) is 5.41 Å². The van der Waals surface area contributed by atoms with Gasteiger partial charge in [-0.25, -0.2) is 0 Å². The van der Waals surface area contributed by atoms with Crippen molar-refractivity contribution in [2.45, 2.75) is 44.9 Å². The van der Waals surface area contributed by atoms with Gasteiger partial charge in [0.2, 0.25) is 0 Å². The maximum Gasteiger partial charge on any atom is 0.0693 e. The number of hydrogen-bond donors (Lipinski definition) is 0. The first-order valence-electron chi connectivity index (χ1n) is 6.40. The van der Waals surface area contributed by atoms with Gasteiger partial charge >= 0.3 is 0 Å². The Labute approximate surface area is 112 Å². The highest BCUT2D eigenvalue weighted by Crippen LogP contribution is 2.37. The molecule has 1 aliphatic rings. The van der Waals surface area contributed by atoms with Crippen molar-refractivity contribution in [2.24, 2.45) is 5.41 Å². The molecule has 0 atom stereocenters. The summed E-state index contributed by atoms with van der Waals surface area (Å²) in [5, 5.41) is 9.54. The van der Waals surface area contributed by atoms with E-state index in [0.29, 0.717) is 0 Å². The van der Waals surface area contributed by atoms with Gasteiger partial charge in [-0.15, -0.1) is 0 Å². The lowest BCUT2D eigenvalue weighted by molar-refractivity contribution is 0.339. The van der Waals surface area contributed by atoms with Crippen molar-refractivity contribution >= 4 is 15.9 Å². The van der Waals surface area contributed by atoms with Gasteiger partial charge in [-0.2, -0.15) is 5.26 Å². The molecule has 1 nitrogen and oxygen atoms in total. The van der Waals surface area contributed by atoms with Crippen LogP contribution < -0.4 is 0 Å².